The summed E-state index contributed by atoms with van der Waals surface area (Å²) in [7, 11) is 0. The second-order valence-electron chi connectivity index (χ2n) is 5.97. The first-order valence-electron chi connectivity index (χ1n) is 6.34. The summed E-state index contributed by atoms with van der Waals surface area (Å²) in [6, 6.07) is 0. The first-order chi connectivity index (χ1) is 8.70. The third-order valence-electron chi connectivity index (χ3n) is 3.35. The quantitative estimate of drug-likeness (QED) is 0.682. The number of likely N-dealkylation sites (tertiary alicyclic amines) is 1. The molecule has 0 aromatic rings. The SMILES string of the molecule is C=C1C(=O)C(O)=C2CN(C(=O)OC(C)(C)C)CCC12. The normalized spacial score (nSPS) is 23.7. The monoisotopic (exact) mass is 265 g/mol. The van der Waals surface area contributed by atoms with Gasteiger partial charge in [0.1, 0.15) is 5.60 Å². The van der Waals surface area contributed by atoms with Crippen LogP contribution in [-0.2, 0) is 9.53 Å². The van der Waals surface area contributed by atoms with Crippen LogP contribution in [0.5, 0.6) is 0 Å². The number of rotatable bonds is 0. The number of Topliss-reactive ketones (excluding diaryl/α,β-unsaturated/α-hetero) is 1. The van der Waals surface area contributed by atoms with Crippen LogP contribution in [0, 0.1) is 5.92 Å². The Labute approximate surface area is 112 Å². The van der Waals surface area contributed by atoms with Crippen molar-refractivity contribution in [2.45, 2.75) is 32.8 Å². The van der Waals surface area contributed by atoms with Gasteiger partial charge >= 0.3 is 6.09 Å². The number of ether oxygens (including phenoxy) is 1. The molecule has 2 rings (SSSR count). The van der Waals surface area contributed by atoms with E-state index in [1.807, 2.05) is 0 Å². The summed E-state index contributed by atoms with van der Waals surface area (Å²) in [4.78, 5) is 25.1. The number of piperidine rings is 1. The lowest BCUT2D eigenvalue weighted by atomic mass is 9.90. The lowest BCUT2D eigenvalue weighted by Crippen LogP contribution is -2.42. The van der Waals surface area contributed by atoms with Crippen LogP contribution >= 0.6 is 0 Å². The maximum absolute atomic E-state index is 12.0. The molecule has 1 amide bonds. The number of aliphatic hydroxyl groups is 1. The van der Waals surface area contributed by atoms with Crippen LogP contribution in [0.25, 0.3) is 0 Å². The van der Waals surface area contributed by atoms with Crippen molar-refractivity contribution in [1.82, 2.24) is 4.90 Å². The standard InChI is InChI=1S/C14H19NO4/c1-8-9-5-6-15(13(18)19-14(2,3)4)7-10(9)12(17)11(8)16/h9,17H,1,5-7H2,2-4H3. The molecule has 5 nitrogen and oxygen atoms in total. The van der Waals surface area contributed by atoms with E-state index in [0.29, 0.717) is 24.1 Å². The summed E-state index contributed by atoms with van der Waals surface area (Å²) < 4.78 is 5.29. The van der Waals surface area contributed by atoms with E-state index >= 15 is 0 Å². The maximum atomic E-state index is 12.0. The van der Waals surface area contributed by atoms with Gasteiger partial charge in [0.2, 0.25) is 5.78 Å². The van der Waals surface area contributed by atoms with Crippen LogP contribution in [0.3, 0.4) is 0 Å². The van der Waals surface area contributed by atoms with E-state index in [9.17, 15) is 14.7 Å². The summed E-state index contributed by atoms with van der Waals surface area (Å²) in [5.41, 5.74) is 0.461. The van der Waals surface area contributed by atoms with Gasteiger partial charge in [-0.05, 0) is 27.2 Å². The molecule has 0 saturated carbocycles. The Morgan fingerprint density at radius 3 is 2.68 bits per heavy atom. The number of carbonyl (C=O) groups is 2. The Hall–Kier alpha value is -1.78. The summed E-state index contributed by atoms with van der Waals surface area (Å²) in [5, 5.41) is 9.79. The Kier molecular flexibility index (Phi) is 3.16. The second kappa shape index (κ2) is 4.40. The Morgan fingerprint density at radius 2 is 2.11 bits per heavy atom. The molecule has 1 atom stereocenters. The number of hydrogen-bond donors (Lipinski definition) is 1. The van der Waals surface area contributed by atoms with Gasteiger partial charge in [-0.2, -0.15) is 0 Å². The zero-order chi connectivity index (χ0) is 14.4. The fourth-order valence-electron chi connectivity index (χ4n) is 2.42. The van der Waals surface area contributed by atoms with E-state index in [2.05, 4.69) is 6.58 Å². The van der Waals surface area contributed by atoms with Crippen molar-refractivity contribution in [1.29, 1.82) is 0 Å². The molecular formula is C14H19NO4. The van der Waals surface area contributed by atoms with E-state index < -0.39 is 17.5 Å². The summed E-state index contributed by atoms with van der Waals surface area (Å²) >= 11 is 0. The lowest BCUT2D eigenvalue weighted by molar-refractivity contribution is -0.114. The van der Waals surface area contributed by atoms with Crippen molar-refractivity contribution in [3.8, 4) is 0 Å². The Bertz CT molecular complexity index is 484. The first-order valence-corrected chi connectivity index (χ1v) is 6.34. The molecular weight excluding hydrogens is 246 g/mol. The van der Waals surface area contributed by atoms with E-state index in [4.69, 9.17) is 4.74 Å². The van der Waals surface area contributed by atoms with Crippen LogP contribution in [0.2, 0.25) is 0 Å². The highest BCUT2D eigenvalue weighted by atomic mass is 16.6. The van der Waals surface area contributed by atoms with Crippen molar-refractivity contribution in [3.05, 3.63) is 23.5 Å². The maximum Gasteiger partial charge on any atom is 0.410 e. The Morgan fingerprint density at radius 1 is 1.47 bits per heavy atom. The largest absolute Gasteiger partial charge is 0.504 e. The number of aliphatic hydroxyl groups excluding tert-OH is 1. The average molecular weight is 265 g/mol. The highest BCUT2D eigenvalue weighted by Crippen LogP contribution is 2.37. The molecule has 0 aromatic carbocycles. The van der Waals surface area contributed by atoms with E-state index in [1.165, 1.54) is 4.90 Å². The number of nitrogens with zero attached hydrogens (tertiary/aromatic N) is 1. The number of carbonyl (C=O) groups excluding carboxylic acids is 2. The molecule has 1 unspecified atom stereocenters. The van der Waals surface area contributed by atoms with Crippen LogP contribution in [0.1, 0.15) is 27.2 Å². The van der Waals surface area contributed by atoms with E-state index in [-0.39, 0.29) is 18.2 Å². The number of amides is 1. The fourth-order valence-corrected chi connectivity index (χ4v) is 2.42. The molecule has 1 saturated heterocycles. The predicted molar refractivity (Wildman–Crippen MR) is 69.7 cm³/mol. The summed E-state index contributed by atoms with van der Waals surface area (Å²) in [6.45, 7) is 9.85. The molecule has 5 heteroatoms. The predicted octanol–water partition coefficient (Wildman–Crippen LogP) is 2.19. The fraction of sp³-hybridized carbons (Fsp3) is 0.571. The molecule has 1 fully saturated rings. The van der Waals surface area contributed by atoms with Crippen LogP contribution in [-0.4, -0.2) is 40.6 Å². The molecule has 0 aromatic heterocycles. The first kappa shape index (κ1) is 13.6. The van der Waals surface area contributed by atoms with Gasteiger partial charge in [-0.25, -0.2) is 4.79 Å². The molecule has 0 bridgehead atoms. The molecule has 1 aliphatic heterocycles. The molecule has 1 aliphatic carbocycles. The topological polar surface area (TPSA) is 66.8 Å². The van der Waals surface area contributed by atoms with Crippen molar-refractivity contribution in [3.63, 3.8) is 0 Å². The average Bonchev–Trinajstić information content (AvgIpc) is 2.52. The van der Waals surface area contributed by atoms with Crippen molar-refractivity contribution >= 4 is 11.9 Å². The zero-order valence-electron chi connectivity index (χ0n) is 11.5. The third-order valence-corrected chi connectivity index (χ3v) is 3.35. The zero-order valence-corrected chi connectivity index (χ0v) is 11.5. The van der Waals surface area contributed by atoms with Gasteiger partial charge in [0.05, 0.1) is 0 Å². The van der Waals surface area contributed by atoms with Crippen LogP contribution in [0.4, 0.5) is 4.79 Å². The van der Waals surface area contributed by atoms with Crippen LogP contribution in [0.15, 0.2) is 23.5 Å². The second-order valence-corrected chi connectivity index (χ2v) is 5.97. The van der Waals surface area contributed by atoms with Crippen molar-refractivity contribution < 1.29 is 19.4 Å². The van der Waals surface area contributed by atoms with Gasteiger partial charge < -0.3 is 14.7 Å². The van der Waals surface area contributed by atoms with Crippen molar-refractivity contribution in [2.24, 2.45) is 5.92 Å². The van der Waals surface area contributed by atoms with Crippen LogP contribution < -0.4 is 0 Å². The van der Waals surface area contributed by atoms with Gasteiger partial charge in [-0.3, -0.25) is 4.79 Å². The number of hydrogen-bond acceptors (Lipinski definition) is 4. The minimum absolute atomic E-state index is 0.119. The van der Waals surface area contributed by atoms with Gasteiger partial charge in [-0.1, -0.05) is 6.58 Å². The van der Waals surface area contributed by atoms with Gasteiger partial charge in [0.25, 0.3) is 0 Å². The molecule has 1 heterocycles. The van der Waals surface area contributed by atoms with Gasteiger partial charge in [-0.15, -0.1) is 0 Å². The smallest absolute Gasteiger partial charge is 0.410 e. The van der Waals surface area contributed by atoms with E-state index in [1.54, 1.807) is 20.8 Å². The molecule has 0 radical (unpaired) electrons. The number of allylic oxidation sites excluding steroid dienone is 1. The Balaban J connectivity index is 2.12. The van der Waals surface area contributed by atoms with E-state index in [0.717, 1.165) is 0 Å². The minimum Gasteiger partial charge on any atom is -0.504 e. The minimum atomic E-state index is -0.556. The molecule has 2 aliphatic rings. The highest BCUT2D eigenvalue weighted by Gasteiger charge is 2.40. The molecule has 104 valence electrons. The van der Waals surface area contributed by atoms with Gasteiger partial charge in [0.15, 0.2) is 5.76 Å². The summed E-state index contributed by atoms with van der Waals surface area (Å²) in [6.07, 6.45) is 0.180. The lowest BCUT2D eigenvalue weighted by Gasteiger charge is -2.33. The summed E-state index contributed by atoms with van der Waals surface area (Å²) in [5.74, 6) is -0.763. The molecule has 1 N–H and O–H groups in total. The third kappa shape index (κ3) is 2.50. The number of ketones is 1. The number of fused-ring (bicyclic) bond motifs is 1. The van der Waals surface area contributed by atoms with Gasteiger partial charge in [0, 0.05) is 30.2 Å². The highest BCUT2D eigenvalue weighted by molar-refractivity contribution is 6.10. The molecule has 0 spiro atoms. The molecule has 19 heavy (non-hydrogen) atoms. The van der Waals surface area contributed by atoms with Crippen molar-refractivity contribution in [2.75, 3.05) is 13.1 Å².